The number of Topliss-reactive ketones (excluding diaryl/α,β-unsaturated/α-hetero) is 1. The Morgan fingerprint density at radius 1 is 1.05 bits per heavy atom. The Labute approximate surface area is 113 Å². The van der Waals surface area contributed by atoms with Crippen molar-refractivity contribution in [3.8, 4) is 16.9 Å². The SMILES string of the molecule is COc1ccc2c(c1)S(=O)c1ccc(C(C)=O)cc1-2. The van der Waals surface area contributed by atoms with E-state index in [-0.39, 0.29) is 5.78 Å². The van der Waals surface area contributed by atoms with Gasteiger partial charge in [-0.1, -0.05) is 6.07 Å². The predicted molar refractivity (Wildman–Crippen MR) is 73.1 cm³/mol. The minimum absolute atomic E-state index is 0.00976. The van der Waals surface area contributed by atoms with Crippen molar-refractivity contribution < 1.29 is 13.7 Å². The quantitative estimate of drug-likeness (QED) is 0.673. The first kappa shape index (κ1) is 12.1. The monoisotopic (exact) mass is 272 g/mol. The second kappa shape index (κ2) is 4.31. The molecule has 0 bridgehead atoms. The van der Waals surface area contributed by atoms with E-state index < -0.39 is 10.8 Å². The van der Waals surface area contributed by atoms with Gasteiger partial charge in [0.15, 0.2) is 5.78 Å². The molecule has 2 aromatic carbocycles. The van der Waals surface area contributed by atoms with Crippen molar-refractivity contribution in [2.75, 3.05) is 7.11 Å². The summed E-state index contributed by atoms with van der Waals surface area (Å²) in [7, 11) is 0.387. The summed E-state index contributed by atoms with van der Waals surface area (Å²) < 4.78 is 17.6. The third-order valence-electron chi connectivity index (χ3n) is 3.26. The topological polar surface area (TPSA) is 43.4 Å². The van der Waals surface area contributed by atoms with E-state index in [0.717, 1.165) is 20.9 Å². The molecule has 1 heterocycles. The summed E-state index contributed by atoms with van der Waals surface area (Å²) in [4.78, 5) is 12.9. The molecule has 1 atom stereocenters. The number of rotatable bonds is 2. The fraction of sp³-hybridized carbons (Fsp3) is 0.133. The third kappa shape index (κ3) is 1.79. The van der Waals surface area contributed by atoms with Gasteiger partial charge in [0.2, 0.25) is 0 Å². The highest BCUT2D eigenvalue weighted by molar-refractivity contribution is 7.85. The van der Waals surface area contributed by atoms with Gasteiger partial charge in [0.1, 0.15) is 5.75 Å². The summed E-state index contributed by atoms with van der Waals surface area (Å²) in [6.45, 7) is 1.53. The maximum absolute atomic E-state index is 12.4. The largest absolute Gasteiger partial charge is 0.497 e. The van der Waals surface area contributed by atoms with E-state index in [1.165, 1.54) is 6.92 Å². The van der Waals surface area contributed by atoms with Crippen LogP contribution in [-0.2, 0) is 10.8 Å². The van der Waals surface area contributed by atoms with Gasteiger partial charge in [-0.3, -0.25) is 4.79 Å². The van der Waals surface area contributed by atoms with Crippen molar-refractivity contribution in [3.63, 3.8) is 0 Å². The van der Waals surface area contributed by atoms with Gasteiger partial charge in [0.25, 0.3) is 0 Å². The molecule has 1 aliphatic rings. The van der Waals surface area contributed by atoms with Crippen molar-refractivity contribution in [2.24, 2.45) is 0 Å². The number of fused-ring (bicyclic) bond motifs is 3. The van der Waals surface area contributed by atoms with E-state index in [4.69, 9.17) is 4.74 Å². The Balaban J connectivity index is 2.24. The number of benzene rings is 2. The highest BCUT2D eigenvalue weighted by Gasteiger charge is 2.26. The molecule has 0 N–H and O–H groups in total. The molecule has 3 rings (SSSR count). The van der Waals surface area contributed by atoms with Gasteiger partial charge in [0, 0.05) is 11.1 Å². The molecule has 1 unspecified atom stereocenters. The summed E-state index contributed by atoms with van der Waals surface area (Å²) in [5, 5.41) is 0. The van der Waals surface area contributed by atoms with Gasteiger partial charge >= 0.3 is 0 Å². The molecule has 0 saturated carbocycles. The van der Waals surface area contributed by atoms with Crippen LogP contribution in [0.5, 0.6) is 5.75 Å². The third-order valence-corrected chi connectivity index (χ3v) is 4.76. The predicted octanol–water partition coefficient (Wildman–Crippen LogP) is 3.04. The zero-order valence-electron chi connectivity index (χ0n) is 10.6. The Morgan fingerprint density at radius 2 is 1.84 bits per heavy atom. The smallest absolute Gasteiger partial charge is 0.159 e. The molecule has 0 amide bonds. The molecule has 3 nitrogen and oxygen atoms in total. The van der Waals surface area contributed by atoms with E-state index in [1.807, 2.05) is 18.2 Å². The number of hydrogen-bond donors (Lipinski definition) is 0. The molecule has 96 valence electrons. The lowest BCUT2D eigenvalue weighted by molar-refractivity contribution is 0.101. The van der Waals surface area contributed by atoms with Crippen LogP contribution in [0.3, 0.4) is 0 Å². The van der Waals surface area contributed by atoms with E-state index in [9.17, 15) is 9.00 Å². The number of hydrogen-bond acceptors (Lipinski definition) is 3. The molecule has 2 aromatic rings. The lowest BCUT2D eigenvalue weighted by Gasteiger charge is -2.03. The lowest BCUT2D eigenvalue weighted by Crippen LogP contribution is -1.93. The number of ketones is 1. The summed E-state index contributed by atoms with van der Waals surface area (Å²) in [6, 6.07) is 10.8. The standard InChI is InChI=1S/C15H12O3S/c1-9(16)10-3-6-14-13(7-10)12-5-4-11(18-2)8-15(12)19(14)17/h3-8H,1-2H3. The van der Waals surface area contributed by atoms with Crippen molar-refractivity contribution >= 4 is 16.6 Å². The van der Waals surface area contributed by atoms with Crippen LogP contribution in [0.2, 0.25) is 0 Å². The fourth-order valence-corrected chi connectivity index (χ4v) is 3.64. The van der Waals surface area contributed by atoms with E-state index in [2.05, 4.69) is 0 Å². The lowest BCUT2D eigenvalue weighted by atomic mass is 10.0. The average Bonchev–Trinajstić information content (AvgIpc) is 2.71. The first-order valence-corrected chi connectivity index (χ1v) is 7.02. The van der Waals surface area contributed by atoms with Crippen LogP contribution in [0, 0.1) is 0 Å². The highest BCUT2D eigenvalue weighted by Crippen LogP contribution is 2.42. The summed E-state index contributed by atoms with van der Waals surface area (Å²) in [5.41, 5.74) is 2.43. The highest BCUT2D eigenvalue weighted by atomic mass is 32.2. The minimum Gasteiger partial charge on any atom is -0.497 e. The Kier molecular flexibility index (Phi) is 2.75. The van der Waals surface area contributed by atoms with Crippen molar-refractivity contribution in [1.29, 1.82) is 0 Å². The molecule has 0 aliphatic carbocycles. The molecule has 0 fully saturated rings. The summed E-state index contributed by atoms with van der Waals surface area (Å²) in [5.74, 6) is 0.697. The van der Waals surface area contributed by atoms with Crippen LogP contribution < -0.4 is 4.74 Å². The fourth-order valence-electron chi connectivity index (χ4n) is 2.25. The maximum atomic E-state index is 12.4. The van der Waals surface area contributed by atoms with Crippen LogP contribution in [0.15, 0.2) is 46.2 Å². The van der Waals surface area contributed by atoms with Crippen LogP contribution >= 0.6 is 0 Å². The first-order chi connectivity index (χ1) is 9.11. The summed E-state index contributed by atoms with van der Waals surface area (Å²) >= 11 is 0. The number of methoxy groups -OCH3 is 1. The van der Waals surface area contributed by atoms with Crippen molar-refractivity contribution in [1.82, 2.24) is 0 Å². The Morgan fingerprint density at radius 3 is 2.53 bits per heavy atom. The maximum Gasteiger partial charge on any atom is 0.159 e. The van der Waals surface area contributed by atoms with E-state index in [0.29, 0.717) is 11.3 Å². The molecule has 0 spiro atoms. The van der Waals surface area contributed by atoms with Gasteiger partial charge in [-0.2, -0.15) is 0 Å². The molecule has 4 heteroatoms. The van der Waals surface area contributed by atoms with Crippen LogP contribution in [0.25, 0.3) is 11.1 Å². The zero-order chi connectivity index (χ0) is 13.6. The molecular weight excluding hydrogens is 260 g/mol. The van der Waals surface area contributed by atoms with Gasteiger partial charge in [-0.15, -0.1) is 0 Å². The number of ether oxygens (including phenoxy) is 1. The van der Waals surface area contributed by atoms with E-state index >= 15 is 0 Å². The average molecular weight is 272 g/mol. The summed E-state index contributed by atoms with van der Waals surface area (Å²) in [6.07, 6.45) is 0. The van der Waals surface area contributed by atoms with Crippen molar-refractivity contribution in [3.05, 3.63) is 42.0 Å². The van der Waals surface area contributed by atoms with Crippen LogP contribution in [-0.4, -0.2) is 17.1 Å². The molecule has 0 saturated heterocycles. The van der Waals surface area contributed by atoms with Gasteiger partial charge in [-0.25, -0.2) is 4.21 Å². The first-order valence-electron chi connectivity index (χ1n) is 5.87. The second-order valence-corrected chi connectivity index (χ2v) is 5.82. The zero-order valence-corrected chi connectivity index (χ0v) is 11.4. The number of carbonyl (C=O) groups is 1. The van der Waals surface area contributed by atoms with E-state index in [1.54, 1.807) is 25.3 Å². The van der Waals surface area contributed by atoms with Gasteiger partial charge in [-0.05, 0) is 42.8 Å². The number of carbonyl (C=O) groups excluding carboxylic acids is 1. The Hall–Kier alpha value is -1.94. The van der Waals surface area contributed by atoms with Crippen LogP contribution in [0.4, 0.5) is 0 Å². The molecule has 0 radical (unpaired) electrons. The molecule has 19 heavy (non-hydrogen) atoms. The molecule has 1 aliphatic heterocycles. The molecule has 0 aromatic heterocycles. The Bertz CT molecular complexity index is 719. The normalized spacial score (nSPS) is 15.8. The van der Waals surface area contributed by atoms with Crippen molar-refractivity contribution in [2.45, 2.75) is 16.7 Å². The van der Waals surface area contributed by atoms with Gasteiger partial charge < -0.3 is 4.74 Å². The van der Waals surface area contributed by atoms with Crippen LogP contribution in [0.1, 0.15) is 17.3 Å². The molecular formula is C15H12O3S. The second-order valence-electron chi connectivity index (χ2n) is 4.40. The van der Waals surface area contributed by atoms with Gasteiger partial charge in [0.05, 0.1) is 27.7 Å². The minimum atomic E-state index is -1.20.